The average Bonchev–Trinajstić information content (AvgIpc) is 2.86. The zero-order valence-corrected chi connectivity index (χ0v) is 13.3. The zero-order chi connectivity index (χ0) is 15.6. The van der Waals surface area contributed by atoms with E-state index in [0.717, 1.165) is 0 Å². The van der Waals surface area contributed by atoms with E-state index in [1.54, 1.807) is 25.1 Å². The molecule has 9 heteroatoms. The minimum absolute atomic E-state index is 0.165. The minimum atomic E-state index is -3.85. The van der Waals surface area contributed by atoms with E-state index in [2.05, 4.69) is 14.9 Å². The Kier molecular flexibility index (Phi) is 4.90. The summed E-state index contributed by atoms with van der Waals surface area (Å²) >= 11 is 11.9. The number of hydrogen-bond donors (Lipinski definition) is 3. The number of H-pyrrole nitrogens is 1. The normalized spacial score (nSPS) is 13.3. The van der Waals surface area contributed by atoms with E-state index in [9.17, 15) is 8.42 Å². The summed E-state index contributed by atoms with van der Waals surface area (Å²) in [5.74, 6) is 0. The van der Waals surface area contributed by atoms with Gasteiger partial charge in [0, 0.05) is 21.7 Å². The van der Waals surface area contributed by atoms with Gasteiger partial charge < -0.3 is 5.11 Å². The molecule has 0 bridgehead atoms. The van der Waals surface area contributed by atoms with E-state index in [0.29, 0.717) is 15.6 Å². The Bertz CT molecular complexity index is 746. The summed E-state index contributed by atoms with van der Waals surface area (Å²) < 4.78 is 27.0. The molecule has 1 heterocycles. The van der Waals surface area contributed by atoms with Crippen LogP contribution in [0.15, 0.2) is 29.4 Å². The van der Waals surface area contributed by atoms with E-state index >= 15 is 0 Å². The Balaban J connectivity index is 2.28. The van der Waals surface area contributed by atoms with Crippen molar-refractivity contribution in [3.05, 3.63) is 45.6 Å². The number of sulfonamides is 1. The van der Waals surface area contributed by atoms with Gasteiger partial charge in [0.1, 0.15) is 0 Å². The molecule has 0 aliphatic carbocycles. The second kappa shape index (κ2) is 6.33. The van der Waals surface area contributed by atoms with Crippen LogP contribution in [0.1, 0.15) is 24.1 Å². The number of aromatic nitrogens is 2. The fourth-order valence-electron chi connectivity index (χ4n) is 1.85. The number of nitrogens with one attached hydrogen (secondary N) is 2. The molecule has 0 saturated carbocycles. The number of aromatic amines is 1. The van der Waals surface area contributed by atoms with E-state index in [1.807, 2.05) is 0 Å². The summed E-state index contributed by atoms with van der Waals surface area (Å²) in [6.45, 7) is 1.23. The fourth-order valence-corrected chi connectivity index (χ4v) is 3.77. The number of benzene rings is 1. The number of hydrogen-bond acceptors (Lipinski definition) is 4. The van der Waals surface area contributed by atoms with Gasteiger partial charge in [0.15, 0.2) is 5.03 Å². The molecule has 0 spiro atoms. The average molecular weight is 350 g/mol. The van der Waals surface area contributed by atoms with Gasteiger partial charge in [-0.3, -0.25) is 5.10 Å². The van der Waals surface area contributed by atoms with E-state index < -0.39 is 22.7 Å². The number of halogens is 2. The van der Waals surface area contributed by atoms with Gasteiger partial charge >= 0.3 is 0 Å². The Labute approximate surface area is 132 Å². The van der Waals surface area contributed by atoms with Crippen LogP contribution in [-0.4, -0.2) is 23.7 Å². The lowest BCUT2D eigenvalue weighted by Gasteiger charge is -2.16. The molecule has 2 rings (SSSR count). The molecule has 21 heavy (non-hydrogen) atoms. The first-order valence-corrected chi connectivity index (χ1v) is 8.19. The van der Waals surface area contributed by atoms with Gasteiger partial charge in [0.25, 0.3) is 10.0 Å². The van der Waals surface area contributed by atoms with Crippen molar-refractivity contribution in [2.75, 3.05) is 0 Å². The summed E-state index contributed by atoms with van der Waals surface area (Å²) in [6, 6.07) is 4.24. The number of nitrogens with zero attached hydrogens (tertiary/aromatic N) is 1. The summed E-state index contributed by atoms with van der Waals surface area (Å²) in [4.78, 5) is 0. The lowest BCUT2D eigenvalue weighted by molar-refractivity contribution is 0.278. The molecule has 1 aromatic heterocycles. The van der Waals surface area contributed by atoms with Gasteiger partial charge in [-0.2, -0.15) is 5.10 Å². The van der Waals surface area contributed by atoms with Crippen molar-refractivity contribution in [2.24, 2.45) is 0 Å². The molecule has 0 aliphatic rings. The maximum atomic E-state index is 12.3. The van der Waals surface area contributed by atoms with E-state index in [1.165, 1.54) is 6.20 Å². The number of rotatable bonds is 5. The van der Waals surface area contributed by atoms with Crippen LogP contribution in [0.4, 0.5) is 0 Å². The lowest BCUT2D eigenvalue weighted by atomic mass is 10.1. The highest BCUT2D eigenvalue weighted by atomic mass is 35.5. The molecule has 1 atom stereocenters. The molecule has 0 amide bonds. The first kappa shape index (κ1) is 16.3. The zero-order valence-electron chi connectivity index (χ0n) is 11.0. The van der Waals surface area contributed by atoms with E-state index in [4.69, 9.17) is 28.3 Å². The Morgan fingerprint density at radius 2 is 2.14 bits per heavy atom. The summed E-state index contributed by atoms with van der Waals surface area (Å²) in [5, 5.41) is 15.8. The summed E-state index contributed by atoms with van der Waals surface area (Å²) in [7, 11) is -3.85. The molecule has 114 valence electrons. The molecular weight excluding hydrogens is 337 g/mol. The molecule has 1 aromatic carbocycles. The van der Waals surface area contributed by atoms with Gasteiger partial charge in [-0.25, -0.2) is 13.1 Å². The summed E-state index contributed by atoms with van der Waals surface area (Å²) in [5.41, 5.74) is 0.784. The van der Waals surface area contributed by atoms with Crippen molar-refractivity contribution in [3.63, 3.8) is 0 Å². The first-order chi connectivity index (χ1) is 9.85. The SMILES string of the molecule is CC(NS(=O)(=O)c1[nH]ncc1CO)c1ccc(Cl)cc1Cl. The largest absolute Gasteiger partial charge is 0.392 e. The molecule has 0 fully saturated rings. The molecule has 0 saturated heterocycles. The Morgan fingerprint density at radius 1 is 1.43 bits per heavy atom. The maximum absolute atomic E-state index is 12.3. The monoisotopic (exact) mass is 349 g/mol. The van der Waals surface area contributed by atoms with Crippen LogP contribution in [0.25, 0.3) is 0 Å². The third-order valence-corrected chi connectivity index (χ3v) is 5.00. The van der Waals surface area contributed by atoms with E-state index in [-0.39, 0.29) is 10.6 Å². The second-order valence-electron chi connectivity index (χ2n) is 4.39. The molecule has 0 aliphatic heterocycles. The molecule has 1 unspecified atom stereocenters. The van der Waals surface area contributed by atoms with Crippen molar-refractivity contribution < 1.29 is 13.5 Å². The highest BCUT2D eigenvalue weighted by Crippen LogP contribution is 2.27. The Hall–Kier alpha value is -1.12. The van der Waals surface area contributed by atoms with Crippen LogP contribution in [0, 0.1) is 0 Å². The van der Waals surface area contributed by atoms with Gasteiger partial charge in [-0.15, -0.1) is 0 Å². The summed E-state index contributed by atoms with van der Waals surface area (Å²) in [6.07, 6.45) is 1.26. The third-order valence-electron chi connectivity index (χ3n) is 2.88. The van der Waals surface area contributed by atoms with Crippen molar-refractivity contribution >= 4 is 33.2 Å². The van der Waals surface area contributed by atoms with Gasteiger partial charge in [0.05, 0.1) is 12.8 Å². The number of aliphatic hydroxyl groups is 1. The smallest absolute Gasteiger partial charge is 0.258 e. The van der Waals surface area contributed by atoms with Crippen molar-refractivity contribution in [1.82, 2.24) is 14.9 Å². The highest BCUT2D eigenvalue weighted by molar-refractivity contribution is 7.89. The van der Waals surface area contributed by atoms with Crippen molar-refractivity contribution in [2.45, 2.75) is 24.6 Å². The number of aliphatic hydroxyl groups excluding tert-OH is 1. The molecule has 0 radical (unpaired) electrons. The van der Waals surface area contributed by atoms with Crippen LogP contribution < -0.4 is 4.72 Å². The van der Waals surface area contributed by atoms with Gasteiger partial charge in [0.2, 0.25) is 0 Å². The van der Waals surface area contributed by atoms with Crippen LogP contribution in [0.3, 0.4) is 0 Å². The van der Waals surface area contributed by atoms with Crippen molar-refractivity contribution in [3.8, 4) is 0 Å². The van der Waals surface area contributed by atoms with Crippen LogP contribution in [0.5, 0.6) is 0 Å². The quantitative estimate of drug-likeness (QED) is 0.771. The molecule has 2 aromatic rings. The molecule has 3 N–H and O–H groups in total. The van der Waals surface area contributed by atoms with Gasteiger partial charge in [-0.1, -0.05) is 29.3 Å². The molecule has 6 nitrogen and oxygen atoms in total. The predicted octanol–water partition coefficient (Wildman–Crippen LogP) is 2.25. The second-order valence-corrected chi connectivity index (χ2v) is 6.89. The van der Waals surface area contributed by atoms with Crippen LogP contribution in [-0.2, 0) is 16.6 Å². The van der Waals surface area contributed by atoms with Crippen LogP contribution in [0.2, 0.25) is 10.0 Å². The third kappa shape index (κ3) is 3.56. The van der Waals surface area contributed by atoms with Gasteiger partial charge in [-0.05, 0) is 24.6 Å². The standard InChI is InChI=1S/C12H13Cl2N3O3S/c1-7(10-3-2-9(13)4-11(10)14)17-21(19,20)12-8(6-18)5-15-16-12/h2-5,7,17-18H,6H2,1H3,(H,15,16). The minimum Gasteiger partial charge on any atom is -0.392 e. The Morgan fingerprint density at radius 3 is 2.76 bits per heavy atom. The first-order valence-electron chi connectivity index (χ1n) is 5.95. The lowest BCUT2D eigenvalue weighted by Crippen LogP contribution is -2.28. The molecular formula is C12H13Cl2N3O3S. The highest BCUT2D eigenvalue weighted by Gasteiger charge is 2.24. The van der Waals surface area contributed by atoms with Crippen LogP contribution >= 0.6 is 23.2 Å². The van der Waals surface area contributed by atoms with Crippen molar-refractivity contribution in [1.29, 1.82) is 0 Å². The predicted molar refractivity (Wildman–Crippen MR) is 79.7 cm³/mol. The fraction of sp³-hybridized carbons (Fsp3) is 0.250. The maximum Gasteiger partial charge on any atom is 0.258 e. The topological polar surface area (TPSA) is 95.1 Å².